The van der Waals surface area contributed by atoms with Gasteiger partial charge in [0.1, 0.15) is 0 Å². The van der Waals surface area contributed by atoms with Crippen molar-refractivity contribution in [2.24, 2.45) is 10.2 Å². The van der Waals surface area contributed by atoms with Gasteiger partial charge in [-0.1, -0.05) is 6.07 Å². The molecule has 0 unspecified atom stereocenters. The predicted octanol–water partition coefficient (Wildman–Crippen LogP) is 1.92. The normalized spacial score (nSPS) is 12.3. The zero-order valence-electron chi connectivity index (χ0n) is 18.6. The fraction of sp³-hybridized carbons (Fsp3) is 0.111. The van der Waals surface area contributed by atoms with Crippen LogP contribution in [0.3, 0.4) is 0 Å². The minimum atomic E-state index is -4.74. The van der Waals surface area contributed by atoms with E-state index in [-0.39, 0.29) is 74.6 Å². The molecule has 0 aliphatic heterocycles. The van der Waals surface area contributed by atoms with E-state index in [1.54, 1.807) is 6.07 Å². The van der Waals surface area contributed by atoms with Gasteiger partial charge in [0.25, 0.3) is 10.1 Å². The van der Waals surface area contributed by atoms with Gasteiger partial charge < -0.3 is 5.73 Å². The summed E-state index contributed by atoms with van der Waals surface area (Å²) in [4.78, 5) is -0.439. The van der Waals surface area contributed by atoms with Gasteiger partial charge in [-0.3, -0.25) is 9.11 Å². The average molecular weight is 562 g/mol. The van der Waals surface area contributed by atoms with E-state index in [9.17, 15) is 29.8 Å². The van der Waals surface area contributed by atoms with Crippen LogP contribution in [0.1, 0.15) is 0 Å². The number of benzene rings is 3. The third-order valence-corrected chi connectivity index (χ3v) is 7.36. The molecule has 178 valence electrons. The summed E-state index contributed by atoms with van der Waals surface area (Å²) >= 11 is 0. The molecule has 0 fully saturated rings. The fourth-order valence-corrected chi connectivity index (χ4v) is 4.78. The van der Waals surface area contributed by atoms with Crippen LogP contribution >= 0.6 is 0 Å². The average Bonchev–Trinajstić information content (AvgIpc) is 2.72. The summed E-state index contributed by atoms with van der Waals surface area (Å²) in [6.45, 7) is -0.744. The van der Waals surface area contributed by atoms with E-state index in [4.69, 9.17) is 10.3 Å². The Balaban J connectivity index is 0.00000306. The van der Waals surface area contributed by atoms with E-state index < -0.39 is 42.7 Å². The first kappa shape index (κ1) is 32.1. The van der Waals surface area contributed by atoms with Gasteiger partial charge in [0.2, 0.25) is 0 Å². The van der Waals surface area contributed by atoms with Crippen molar-refractivity contribution in [1.82, 2.24) is 0 Å². The molecular formula is C18H17N3Na2O9S3. The van der Waals surface area contributed by atoms with Gasteiger partial charge in [-0.15, -0.1) is 5.11 Å². The fourth-order valence-electron chi connectivity index (χ4n) is 2.78. The van der Waals surface area contributed by atoms with Crippen LogP contribution in [0.4, 0.5) is 17.1 Å². The number of nitrogen functional groups attached to an aromatic ring is 1. The molecule has 0 heterocycles. The van der Waals surface area contributed by atoms with Crippen LogP contribution in [0, 0.1) is 0 Å². The zero-order valence-corrected chi connectivity index (χ0v) is 25.0. The molecule has 3 aromatic rings. The second-order valence-electron chi connectivity index (χ2n) is 6.62. The third-order valence-electron chi connectivity index (χ3n) is 4.35. The molecule has 0 aliphatic carbocycles. The molecule has 0 saturated carbocycles. The van der Waals surface area contributed by atoms with Gasteiger partial charge in [0, 0.05) is 75.6 Å². The van der Waals surface area contributed by atoms with Crippen molar-refractivity contribution in [1.29, 1.82) is 0 Å². The Morgan fingerprint density at radius 3 is 1.94 bits per heavy atom. The van der Waals surface area contributed by atoms with Crippen LogP contribution in [0.25, 0.3) is 10.8 Å². The molecule has 0 spiro atoms. The Hall–Kier alpha value is -0.950. The maximum absolute atomic E-state index is 12.2. The number of fused-ring (bicyclic) bond motifs is 1. The van der Waals surface area contributed by atoms with Gasteiger partial charge >= 0.3 is 10.4 Å². The molecule has 0 aliphatic rings. The molecule has 3 rings (SSSR count). The number of nitrogens with two attached hydrogens (primary N) is 1. The van der Waals surface area contributed by atoms with Crippen LogP contribution < -0.4 is 5.73 Å². The van der Waals surface area contributed by atoms with Crippen molar-refractivity contribution in [2.75, 3.05) is 18.1 Å². The first-order valence-electron chi connectivity index (χ1n) is 8.92. The first-order chi connectivity index (χ1) is 15.3. The van der Waals surface area contributed by atoms with E-state index in [0.717, 1.165) is 0 Å². The maximum Gasteiger partial charge on any atom is 0.397 e. The second kappa shape index (κ2) is 12.5. The molecule has 3 aromatic carbocycles. The summed E-state index contributed by atoms with van der Waals surface area (Å²) in [6.07, 6.45) is 0. The van der Waals surface area contributed by atoms with Gasteiger partial charge in [-0.25, -0.2) is 12.6 Å². The van der Waals surface area contributed by atoms with E-state index in [1.165, 1.54) is 48.5 Å². The van der Waals surface area contributed by atoms with Crippen LogP contribution in [-0.2, 0) is 34.5 Å². The number of azo groups is 1. The Labute approximate surface area is 246 Å². The largest absolute Gasteiger partial charge is 0.398 e. The Kier molecular flexibility index (Phi) is 11.5. The molecule has 4 N–H and O–H groups in total. The zero-order chi connectivity index (χ0) is 24.4. The second-order valence-corrected chi connectivity index (χ2v) is 11.2. The number of anilines is 1. The molecule has 0 bridgehead atoms. The minimum Gasteiger partial charge on any atom is -0.398 e. The van der Waals surface area contributed by atoms with Crippen LogP contribution in [-0.4, -0.2) is 106 Å². The quantitative estimate of drug-likeness (QED) is 0.158. The van der Waals surface area contributed by atoms with Crippen LogP contribution in [0.5, 0.6) is 0 Å². The number of hydrogen-bond donors (Lipinski definition) is 3. The summed E-state index contributed by atoms with van der Waals surface area (Å²) in [5, 5.41) is 8.95. The SMILES string of the molecule is Nc1ccc(N=Nc2ccc(S(=O)(=O)CCOS(=O)(=O)O)cc2)c2ccc(S(=O)(=O)O)cc12.[Na].[Na]. The molecule has 0 saturated heterocycles. The first-order valence-corrected chi connectivity index (χ1v) is 13.4. The Bertz CT molecular complexity index is 1560. The van der Waals surface area contributed by atoms with Crippen molar-refractivity contribution in [3.05, 3.63) is 54.6 Å². The monoisotopic (exact) mass is 561 g/mol. The van der Waals surface area contributed by atoms with E-state index in [0.29, 0.717) is 22.1 Å². The summed E-state index contributed by atoms with van der Waals surface area (Å²) in [7, 11) is -13.0. The van der Waals surface area contributed by atoms with Gasteiger partial charge in [0.15, 0.2) is 9.84 Å². The molecule has 35 heavy (non-hydrogen) atoms. The third kappa shape index (κ3) is 8.84. The minimum absolute atomic E-state index is 0. The number of nitrogens with zero attached hydrogens (tertiary/aromatic N) is 2. The Morgan fingerprint density at radius 2 is 1.37 bits per heavy atom. The molecule has 0 aromatic heterocycles. The topological polar surface area (TPSA) is 203 Å². The van der Waals surface area contributed by atoms with Crippen molar-refractivity contribution >= 4 is 117 Å². The van der Waals surface area contributed by atoms with E-state index in [2.05, 4.69) is 14.4 Å². The van der Waals surface area contributed by atoms with Crippen molar-refractivity contribution in [2.45, 2.75) is 9.79 Å². The summed E-state index contributed by atoms with van der Waals surface area (Å²) in [5.41, 5.74) is 6.81. The van der Waals surface area contributed by atoms with E-state index in [1.807, 2.05) is 0 Å². The van der Waals surface area contributed by atoms with Gasteiger partial charge in [-0.2, -0.15) is 21.9 Å². The van der Waals surface area contributed by atoms with Crippen LogP contribution in [0.15, 0.2) is 74.6 Å². The van der Waals surface area contributed by atoms with Gasteiger partial charge in [-0.05, 0) is 48.5 Å². The molecule has 0 amide bonds. The smallest absolute Gasteiger partial charge is 0.397 e. The van der Waals surface area contributed by atoms with E-state index >= 15 is 0 Å². The summed E-state index contributed by atoms with van der Waals surface area (Å²) < 4.78 is 89.9. The number of sulfone groups is 1. The van der Waals surface area contributed by atoms with Crippen molar-refractivity contribution < 1.29 is 38.5 Å². The standard InChI is InChI=1S/C18H17N3O9S3.2Na/c19-17-7-8-18(15-6-5-14(11-16(15)17)32(24,25)26)21-20-12-1-3-13(4-2-12)31(22,23)10-9-30-33(27,28)29;;/h1-8,11H,9-10,19H2,(H,24,25,26)(H,27,28,29);;. The molecular weight excluding hydrogens is 544 g/mol. The number of hydrogen-bond acceptors (Lipinski definition) is 10. The Morgan fingerprint density at radius 1 is 0.771 bits per heavy atom. The molecule has 0 atom stereocenters. The van der Waals surface area contributed by atoms with Crippen molar-refractivity contribution in [3.8, 4) is 0 Å². The van der Waals surface area contributed by atoms with Crippen LogP contribution in [0.2, 0.25) is 0 Å². The summed E-state index contributed by atoms with van der Waals surface area (Å²) in [6, 6.07) is 12.1. The molecule has 17 heteroatoms. The van der Waals surface area contributed by atoms with Gasteiger partial charge in [0.05, 0.1) is 33.5 Å². The predicted molar refractivity (Wildman–Crippen MR) is 130 cm³/mol. The molecule has 12 nitrogen and oxygen atoms in total. The number of rotatable bonds is 8. The molecule has 2 radical (unpaired) electrons. The van der Waals surface area contributed by atoms with Crippen molar-refractivity contribution in [3.63, 3.8) is 0 Å². The summed E-state index contributed by atoms with van der Waals surface area (Å²) in [5.74, 6) is -0.670. The maximum atomic E-state index is 12.2.